The van der Waals surface area contributed by atoms with E-state index in [0.717, 1.165) is 38.5 Å². The molecule has 2 aromatic carbocycles. The van der Waals surface area contributed by atoms with Crippen LogP contribution in [0.15, 0.2) is 42.5 Å². The van der Waals surface area contributed by atoms with Crippen LogP contribution in [-0.2, 0) is 4.79 Å². The van der Waals surface area contributed by atoms with Gasteiger partial charge in [0.05, 0.1) is 6.61 Å². The van der Waals surface area contributed by atoms with Crippen LogP contribution in [0.5, 0.6) is 0 Å². The molecule has 3 N–H and O–H groups in total. The van der Waals surface area contributed by atoms with Gasteiger partial charge in [0.1, 0.15) is 6.04 Å². The molecule has 0 heterocycles. The van der Waals surface area contributed by atoms with E-state index < -0.39 is 24.5 Å². The quantitative estimate of drug-likeness (QED) is 0.556. The summed E-state index contributed by atoms with van der Waals surface area (Å²) >= 11 is 0. The summed E-state index contributed by atoms with van der Waals surface area (Å²) in [5, 5.41) is 15.2. The molecule has 2 amide bonds. The predicted molar refractivity (Wildman–Crippen MR) is 122 cm³/mol. The maximum absolute atomic E-state index is 12.9. The van der Waals surface area contributed by atoms with E-state index in [4.69, 9.17) is 0 Å². The number of ketones is 2. The van der Waals surface area contributed by atoms with E-state index in [1.807, 2.05) is 0 Å². The first-order chi connectivity index (χ1) is 16.0. The summed E-state index contributed by atoms with van der Waals surface area (Å²) in [6, 6.07) is 9.82. The molecule has 0 aliphatic heterocycles. The van der Waals surface area contributed by atoms with Crippen molar-refractivity contribution >= 4 is 23.4 Å². The zero-order chi connectivity index (χ0) is 23.4. The molecule has 0 aromatic heterocycles. The van der Waals surface area contributed by atoms with Gasteiger partial charge in [-0.15, -0.1) is 0 Å². The lowest BCUT2D eigenvalue weighted by Gasteiger charge is -2.24. The molecule has 7 heteroatoms. The van der Waals surface area contributed by atoms with Gasteiger partial charge in [0.25, 0.3) is 5.91 Å². The Hall–Kier alpha value is -3.32. The second-order valence-corrected chi connectivity index (χ2v) is 8.72. The number of benzene rings is 2. The molecule has 0 spiro atoms. The lowest BCUT2D eigenvalue weighted by molar-refractivity contribution is -0.124. The van der Waals surface area contributed by atoms with Crippen LogP contribution in [0.2, 0.25) is 0 Å². The average Bonchev–Trinajstić information content (AvgIpc) is 2.82. The molecule has 1 fully saturated rings. The number of aliphatic hydroxyl groups is 1. The third-order valence-electron chi connectivity index (χ3n) is 6.44. The second kappa shape index (κ2) is 10.1. The maximum Gasteiger partial charge on any atom is 0.252 e. The molecule has 2 aliphatic carbocycles. The Morgan fingerprint density at radius 3 is 2.06 bits per heavy atom. The summed E-state index contributed by atoms with van der Waals surface area (Å²) in [6.45, 7) is -0.542. The molecule has 1 unspecified atom stereocenters. The van der Waals surface area contributed by atoms with Crippen LogP contribution >= 0.6 is 0 Å². The number of amides is 2. The van der Waals surface area contributed by atoms with E-state index in [2.05, 4.69) is 10.6 Å². The molecule has 2 aliphatic rings. The molecule has 0 saturated heterocycles. The van der Waals surface area contributed by atoms with Crippen LogP contribution in [0, 0.1) is 0 Å². The standard InChI is InChI=1S/C26H28N2O5/c29-15-22(26(33)27-17-8-4-2-1-3-5-9-17)28-25(32)16-12-13-20-21(14-16)24(31)19-11-7-6-10-18(19)23(20)30/h6-7,10-14,17,22,29H,1-5,8-9,15H2,(H,27,33)(H,28,32). The van der Waals surface area contributed by atoms with Gasteiger partial charge in [-0.2, -0.15) is 0 Å². The first-order valence-electron chi connectivity index (χ1n) is 11.5. The van der Waals surface area contributed by atoms with Crippen molar-refractivity contribution in [3.63, 3.8) is 0 Å². The predicted octanol–water partition coefficient (Wildman–Crippen LogP) is 2.78. The monoisotopic (exact) mass is 448 g/mol. The van der Waals surface area contributed by atoms with Gasteiger partial charge in [-0.05, 0) is 31.0 Å². The van der Waals surface area contributed by atoms with Crippen LogP contribution in [0.3, 0.4) is 0 Å². The first kappa shape index (κ1) is 22.9. The number of fused-ring (bicyclic) bond motifs is 2. The fourth-order valence-corrected chi connectivity index (χ4v) is 4.58. The second-order valence-electron chi connectivity index (χ2n) is 8.72. The topological polar surface area (TPSA) is 113 Å². The number of carbonyl (C=O) groups excluding carboxylic acids is 4. The molecular formula is C26H28N2O5. The maximum atomic E-state index is 12.9. The number of carbonyl (C=O) groups is 4. The van der Waals surface area contributed by atoms with E-state index in [1.165, 1.54) is 24.6 Å². The van der Waals surface area contributed by atoms with Crippen LogP contribution in [0.25, 0.3) is 0 Å². The van der Waals surface area contributed by atoms with Gasteiger partial charge in [0, 0.05) is 33.9 Å². The lowest BCUT2D eigenvalue weighted by Crippen LogP contribution is -2.51. The van der Waals surface area contributed by atoms with Gasteiger partial charge in [-0.25, -0.2) is 0 Å². The third-order valence-corrected chi connectivity index (χ3v) is 6.44. The van der Waals surface area contributed by atoms with Crippen molar-refractivity contribution in [3.05, 3.63) is 70.3 Å². The number of hydrogen-bond donors (Lipinski definition) is 3. The smallest absolute Gasteiger partial charge is 0.252 e. The summed E-state index contributed by atoms with van der Waals surface area (Å²) in [7, 11) is 0. The van der Waals surface area contributed by atoms with Crippen LogP contribution in [-0.4, -0.2) is 47.2 Å². The molecule has 7 nitrogen and oxygen atoms in total. The molecule has 4 rings (SSSR count). The lowest BCUT2D eigenvalue weighted by atomic mass is 9.83. The molecule has 0 bridgehead atoms. The largest absolute Gasteiger partial charge is 0.394 e. The van der Waals surface area contributed by atoms with Gasteiger partial charge in [-0.1, -0.05) is 56.4 Å². The zero-order valence-corrected chi connectivity index (χ0v) is 18.4. The molecule has 172 valence electrons. The van der Waals surface area contributed by atoms with E-state index in [-0.39, 0.29) is 34.3 Å². The highest BCUT2D eigenvalue weighted by atomic mass is 16.3. The van der Waals surface area contributed by atoms with Gasteiger partial charge in [0.2, 0.25) is 5.91 Å². The molecule has 33 heavy (non-hydrogen) atoms. The number of rotatable bonds is 5. The highest BCUT2D eigenvalue weighted by Gasteiger charge is 2.30. The van der Waals surface area contributed by atoms with E-state index in [9.17, 15) is 24.3 Å². The van der Waals surface area contributed by atoms with E-state index in [0.29, 0.717) is 11.1 Å². The Bertz CT molecular complexity index is 1090. The highest BCUT2D eigenvalue weighted by Crippen LogP contribution is 2.28. The van der Waals surface area contributed by atoms with Crippen LogP contribution < -0.4 is 10.6 Å². The van der Waals surface area contributed by atoms with Crippen molar-refractivity contribution in [1.29, 1.82) is 0 Å². The van der Waals surface area contributed by atoms with Gasteiger partial charge in [0.15, 0.2) is 11.6 Å². The van der Waals surface area contributed by atoms with E-state index >= 15 is 0 Å². The number of aliphatic hydroxyl groups excluding tert-OH is 1. The van der Waals surface area contributed by atoms with Crippen molar-refractivity contribution in [2.45, 2.75) is 57.0 Å². The first-order valence-corrected chi connectivity index (χ1v) is 11.5. The third kappa shape index (κ3) is 4.88. The Morgan fingerprint density at radius 1 is 0.848 bits per heavy atom. The SMILES string of the molecule is O=C(NC(CO)C(=O)NC1CCCCCCC1)c1ccc2c(c1)C(=O)c1ccccc1C2=O. The van der Waals surface area contributed by atoms with Crippen LogP contribution in [0.1, 0.15) is 87.1 Å². The Morgan fingerprint density at radius 2 is 1.42 bits per heavy atom. The fraction of sp³-hybridized carbons (Fsp3) is 0.385. The summed E-state index contributed by atoms with van der Waals surface area (Å²) < 4.78 is 0. The van der Waals surface area contributed by atoms with Gasteiger partial charge in [-0.3, -0.25) is 19.2 Å². The van der Waals surface area contributed by atoms with Gasteiger partial charge < -0.3 is 15.7 Å². The van der Waals surface area contributed by atoms with Crippen molar-refractivity contribution in [3.8, 4) is 0 Å². The molecule has 0 radical (unpaired) electrons. The average molecular weight is 449 g/mol. The minimum absolute atomic E-state index is 0.0381. The Balaban J connectivity index is 1.47. The normalized spacial score (nSPS) is 17.2. The van der Waals surface area contributed by atoms with Crippen molar-refractivity contribution in [2.24, 2.45) is 0 Å². The highest BCUT2D eigenvalue weighted by molar-refractivity contribution is 6.28. The van der Waals surface area contributed by atoms with E-state index in [1.54, 1.807) is 24.3 Å². The minimum atomic E-state index is -1.10. The van der Waals surface area contributed by atoms with Crippen molar-refractivity contribution in [1.82, 2.24) is 10.6 Å². The fourth-order valence-electron chi connectivity index (χ4n) is 4.58. The Kier molecular flexibility index (Phi) is 6.99. The Labute approximate surface area is 192 Å². The number of nitrogens with one attached hydrogen (secondary N) is 2. The molecule has 1 atom stereocenters. The van der Waals surface area contributed by atoms with Crippen LogP contribution in [0.4, 0.5) is 0 Å². The van der Waals surface area contributed by atoms with Gasteiger partial charge >= 0.3 is 0 Å². The molecular weight excluding hydrogens is 420 g/mol. The molecule has 1 saturated carbocycles. The minimum Gasteiger partial charge on any atom is -0.394 e. The summed E-state index contributed by atoms with van der Waals surface area (Å²) in [4.78, 5) is 51.2. The van der Waals surface area contributed by atoms with Crippen molar-refractivity contribution in [2.75, 3.05) is 6.61 Å². The zero-order valence-electron chi connectivity index (χ0n) is 18.4. The summed E-state index contributed by atoms with van der Waals surface area (Å²) in [5.74, 6) is -1.60. The number of hydrogen-bond acceptors (Lipinski definition) is 5. The van der Waals surface area contributed by atoms with Crippen molar-refractivity contribution < 1.29 is 24.3 Å². The molecule has 2 aromatic rings. The summed E-state index contributed by atoms with van der Waals surface area (Å²) in [5.41, 5.74) is 1.20. The summed E-state index contributed by atoms with van der Waals surface area (Å²) in [6.07, 6.45) is 7.39.